The largest absolute Gasteiger partial charge is 0.282 e. The van der Waals surface area contributed by atoms with Crippen molar-refractivity contribution in [2.45, 2.75) is 13.8 Å². The van der Waals surface area contributed by atoms with Gasteiger partial charge in [0.2, 0.25) is 0 Å². The van der Waals surface area contributed by atoms with Gasteiger partial charge in [-0.15, -0.1) is 10.2 Å². The minimum Gasteiger partial charge on any atom is -0.282 e. The lowest BCUT2D eigenvalue weighted by atomic mass is 10.1. The lowest BCUT2D eigenvalue weighted by Crippen LogP contribution is -1.85. The first-order valence-corrected chi connectivity index (χ1v) is 8.23. The summed E-state index contributed by atoms with van der Waals surface area (Å²) in [5.74, 6) is 0.742. The van der Waals surface area contributed by atoms with E-state index in [2.05, 4.69) is 23.2 Å². The normalized spacial score (nSPS) is 11.4. The molecule has 0 amide bonds. The van der Waals surface area contributed by atoms with Gasteiger partial charge in [0.1, 0.15) is 11.3 Å². The minimum atomic E-state index is 0.742. The maximum atomic E-state index is 4.76. The highest BCUT2D eigenvalue weighted by molar-refractivity contribution is 5.74. The average Bonchev–Trinajstić information content (AvgIpc) is 2.98. The van der Waals surface area contributed by atoms with Crippen LogP contribution < -0.4 is 0 Å². The second kappa shape index (κ2) is 6.32. The number of azo groups is 1. The molecule has 4 rings (SSSR count). The van der Waals surface area contributed by atoms with E-state index in [0.717, 1.165) is 39.5 Å². The Morgan fingerprint density at radius 2 is 1.64 bits per heavy atom. The number of imidazole rings is 1. The zero-order chi connectivity index (χ0) is 17.2. The van der Waals surface area contributed by atoms with Crippen LogP contribution in [-0.4, -0.2) is 9.38 Å². The number of nitrogens with zero attached hydrogens (tertiary/aromatic N) is 4. The summed E-state index contributed by atoms with van der Waals surface area (Å²) in [5.41, 5.74) is 5.87. The molecule has 0 saturated carbocycles. The third-order valence-corrected chi connectivity index (χ3v) is 4.05. The molecule has 25 heavy (non-hydrogen) atoms. The van der Waals surface area contributed by atoms with E-state index in [1.54, 1.807) is 0 Å². The molecule has 0 aliphatic carbocycles. The summed E-state index contributed by atoms with van der Waals surface area (Å²) in [6, 6.07) is 22.2. The zero-order valence-corrected chi connectivity index (χ0v) is 14.2. The van der Waals surface area contributed by atoms with Crippen LogP contribution in [0.1, 0.15) is 11.1 Å². The Balaban J connectivity index is 1.89. The lowest BCUT2D eigenvalue weighted by molar-refractivity contribution is 1.09. The van der Waals surface area contributed by atoms with Crippen molar-refractivity contribution in [3.8, 4) is 11.3 Å². The molecule has 4 nitrogen and oxygen atoms in total. The Hall–Kier alpha value is -3.27. The second-order valence-electron chi connectivity index (χ2n) is 6.12. The molecule has 0 spiro atoms. The van der Waals surface area contributed by atoms with Gasteiger partial charge in [-0.2, -0.15) is 0 Å². The summed E-state index contributed by atoms with van der Waals surface area (Å²) in [5, 5.41) is 8.99. The van der Waals surface area contributed by atoms with E-state index in [0.29, 0.717) is 0 Å². The van der Waals surface area contributed by atoms with E-state index < -0.39 is 0 Å². The van der Waals surface area contributed by atoms with Crippen molar-refractivity contribution in [2.24, 2.45) is 10.2 Å². The molecule has 0 bridgehead atoms. The number of aromatic nitrogens is 2. The van der Waals surface area contributed by atoms with Crippen LogP contribution >= 0.6 is 0 Å². The smallest absolute Gasteiger partial charge is 0.187 e. The van der Waals surface area contributed by atoms with Crippen molar-refractivity contribution in [3.05, 3.63) is 84.1 Å². The number of hydrogen-bond donors (Lipinski definition) is 0. The Kier molecular flexibility index (Phi) is 3.86. The molecule has 4 aromatic rings. The molecule has 2 aromatic carbocycles. The Morgan fingerprint density at radius 1 is 0.800 bits per heavy atom. The third-order valence-electron chi connectivity index (χ3n) is 4.05. The van der Waals surface area contributed by atoms with Crippen LogP contribution in [0.15, 0.2) is 83.2 Å². The van der Waals surface area contributed by atoms with Gasteiger partial charge in [-0.3, -0.25) is 4.40 Å². The number of pyridine rings is 1. The Bertz CT molecular complexity index is 1060. The van der Waals surface area contributed by atoms with E-state index in [9.17, 15) is 0 Å². The maximum absolute atomic E-state index is 4.76. The fourth-order valence-electron chi connectivity index (χ4n) is 2.82. The predicted molar refractivity (Wildman–Crippen MR) is 101 cm³/mol. The van der Waals surface area contributed by atoms with E-state index in [4.69, 9.17) is 4.98 Å². The van der Waals surface area contributed by atoms with E-state index >= 15 is 0 Å². The van der Waals surface area contributed by atoms with Gasteiger partial charge >= 0.3 is 0 Å². The molecular weight excluding hydrogens is 308 g/mol. The topological polar surface area (TPSA) is 42.0 Å². The summed E-state index contributed by atoms with van der Waals surface area (Å²) in [6.45, 7) is 4.11. The molecule has 0 N–H and O–H groups in total. The molecule has 0 unspecified atom stereocenters. The highest BCUT2D eigenvalue weighted by Crippen LogP contribution is 2.32. The molecule has 0 aliphatic heterocycles. The van der Waals surface area contributed by atoms with Crippen LogP contribution in [0.5, 0.6) is 0 Å². The number of hydrogen-bond acceptors (Lipinski definition) is 3. The van der Waals surface area contributed by atoms with Crippen molar-refractivity contribution in [2.75, 3.05) is 0 Å². The zero-order valence-electron chi connectivity index (χ0n) is 14.2. The van der Waals surface area contributed by atoms with Crippen LogP contribution in [0.2, 0.25) is 0 Å². The molecule has 0 fully saturated rings. The molecule has 2 heterocycles. The van der Waals surface area contributed by atoms with Crippen molar-refractivity contribution >= 4 is 17.2 Å². The van der Waals surface area contributed by atoms with E-state index in [-0.39, 0.29) is 0 Å². The number of fused-ring (bicyclic) bond motifs is 1. The monoisotopic (exact) mass is 326 g/mol. The summed E-state index contributed by atoms with van der Waals surface area (Å²) in [6.07, 6.45) is 2.04. The highest BCUT2D eigenvalue weighted by atomic mass is 15.2. The fraction of sp³-hybridized carbons (Fsp3) is 0.0952. The molecule has 0 radical (unpaired) electrons. The average molecular weight is 326 g/mol. The molecule has 0 atom stereocenters. The number of aryl methyl sites for hydroxylation is 2. The first kappa shape index (κ1) is 15.3. The van der Waals surface area contributed by atoms with Gasteiger partial charge in [-0.25, -0.2) is 4.98 Å². The van der Waals surface area contributed by atoms with Crippen LogP contribution in [0.4, 0.5) is 11.5 Å². The van der Waals surface area contributed by atoms with Crippen LogP contribution in [0.3, 0.4) is 0 Å². The molecule has 122 valence electrons. The Morgan fingerprint density at radius 3 is 2.44 bits per heavy atom. The SMILES string of the molecule is Cc1cccc(N=Nc2c(-c3ccccc3)nc3ccc(C)cn23)c1. The molecule has 0 aliphatic rings. The molecule has 4 heteroatoms. The first-order chi connectivity index (χ1) is 12.2. The fourth-order valence-corrected chi connectivity index (χ4v) is 2.82. The van der Waals surface area contributed by atoms with Gasteiger partial charge in [-0.05, 0) is 43.2 Å². The summed E-state index contributed by atoms with van der Waals surface area (Å²) < 4.78 is 2.00. The minimum absolute atomic E-state index is 0.742. The molecule has 0 saturated heterocycles. The highest BCUT2D eigenvalue weighted by Gasteiger charge is 2.13. The van der Waals surface area contributed by atoms with Gasteiger partial charge in [0, 0.05) is 11.8 Å². The summed E-state index contributed by atoms with van der Waals surface area (Å²) >= 11 is 0. The van der Waals surface area contributed by atoms with Gasteiger partial charge < -0.3 is 0 Å². The van der Waals surface area contributed by atoms with Crippen molar-refractivity contribution in [3.63, 3.8) is 0 Å². The van der Waals surface area contributed by atoms with Crippen LogP contribution in [0, 0.1) is 13.8 Å². The standard InChI is InChI=1S/C21H18N4/c1-15-7-6-10-18(13-15)23-24-21-20(17-8-4-3-5-9-17)22-19-12-11-16(2)14-25(19)21/h3-14H,1-2H3. The van der Waals surface area contributed by atoms with Crippen molar-refractivity contribution in [1.82, 2.24) is 9.38 Å². The van der Waals surface area contributed by atoms with Gasteiger partial charge in [-0.1, -0.05) is 48.5 Å². The molecular formula is C21H18N4. The Labute approximate surface area is 146 Å². The number of rotatable bonds is 3. The van der Waals surface area contributed by atoms with E-state index in [1.807, 2.05) is 78.2 Å². The van der Waals surface area contributed by atoms with Crippen LogP contribution in [-0.2, 0) is 0 Å². The first-order valence-electron chi connectivity index (χ1n) is 8.23. The third kappa shape index (κ3) is 3.06. The lowest BCUT2D eigenvalue weighted by Gasteiger charge is -2.00. The number of benzene rings is 2. The van der Waals surface area contributed by atoms with Gasteiger partial charge in [0.05, 0.1) is 5.69 Å². The summed E-state index contributed by atoms with van der Waals surface area (Å²) in [4.78, 5) is 4.76. The second-order valence-corrected chi connectivity index (χ2v) is 6.12. The van der Waals surface area contributed by atoms with Gasteiger partial charge in [0.15, 0.2) is 5.82 Å². The van der Waals surface area contributed by atoms with E-state index in [1.165, 1.54) is 0 Å². The molecule has 2 aromatic heterocycles. The quantitative estimate of drug-likeness (QED) is 0.424. The summed E-state index contributed by atoms with van der Waals surface area (Å²) in [7, 11) is 0. The van der Waals surface area contributed by atoms with Gasteiger partial charge in [0.25, 0.3) is 0 Å². The maximum Gasteiger partial charge on any atom is 0.187 e. The van der Waals surface area contributed by atoms with Crippen LogP contribution in [0.25, 0.3) is 16.9 Å². The predicted octanol–water partition coefficient (Wildman–Crippen LogP) is 6.03. The van der Waals surface area contributed by atoms with Crippen molar-refractivity contribution in [1.29, 1.82) is 0 Å². The van der Waals surface area contributed by atoms with Crippen molar-refractivity contribution < 1.29 is 0 Å².